The molecule has 1 heterocycles. The first-order valence-electron chi connectivity index (χ1n) is 7.00. The highest BCUT2D eigenvalue weighted by Gasteiger charge is 2.13. The van der Waals surface area contributed by atoms with Gasteiger partial charge in [-0.2, -0.15) is 0 Å². The zero-order chi connectivity index (χ0) is 13.3. The Kier molecular flexibility index (Phi) is 6.14. The summed E-state index contributed by atoms with van der Waals surface area (Å²) in [6, 6.07) is 7.83. The van der Waals surface area contributed by atoms with Crippen molar-refractivity contribution in [1.29, 1.82) is 0 Å². The van der Waals surface area contributed by atoms with E-state index in [-0.39, 0.29) is 6.10 Å². The van der Waals surface area contributed by atoms with Crippen molar-refractivity contribution in [2.75, 3.05) is 26.4 Å². The maximum Gasteiger partial charge on any atom is 0.123 e. The molecule has 0 aromatic heterocycles. The molecule has 4 nitrogen and oxygen atoms in total. The van der Waals surface area contributed by atoms with Crippen molar-refractivity contribution >= 4 is 0 Å². The van der Waals surface area contributed by atoms with E-state index in [0.29, 0.717) is 26.4 Å². The van der Waals surface area contributed by atoms with E-state index in [9.17, 15) is 0 Å². The van der Waals surface area contributed by atoms with Gasteiger partial charge in [0, 0.05) is 18.7 Å². The van der Waals surface area contributed by atoms with E-state index in [1.807, 2.05) is 24.3 Å². The fourth-order valence-electron chi connectivity index (χ4n) is 2.18. The van der Waals surface area contributed by atoms with E-state index in [2.05, 4.69) is 0 Å². The molecule has 0 amide bonds. The first-order chi connectivity index (χ1) is 9.40. The molecule has 1 fully saturated rings. The largest absolute Gasteiger partial charge is 0.491 e. The van der Waals surface area contributed by atoms with Crippen LogP contribution in [0.15, 0.2) is 24.3 Å². The second-order valence-electron chi connectivity index (χ2n) is 4.72. The van der Waals surface area contributed by atoms with Crippen LogP contribution in [0.25, 0.3) is 0 Å². The van der Waals surface area contributed by atoms with Gasteiger partial charge in [0.05, 0.1) is 19.3 Å². The minimum absolute atomic E-state index is 0.269. The standard InChI is InChI=1S/C15H23NO3/c16-11-13-5-1-2-7-15(13)19-10-9-17-12-14-6-3-4-8-18-14/h1-2,5,7,14H,3-4,6,8-12,16H2. The van der Waals surface area contributed by atoms with E-state index < -0.39 is 0 Å². The SMILES string of the molecule is NCc1ccccc1OCCOCC1CCCCO1. The first-order valence-corrected chi connectivity index (χ1v) is 7.00. The Morgan fingerprint density at radius 3 is 2.89 bits per heavy atom. The Hall–Kier alpha value is -1.10. The van der Waals surface area contributed by atoms with Crippen molar-refractivity contribution in [3.63, 3.8) is 0 Å². The zero-order valence-electron chi connectivity index (χ0n) is 11.3. The first kappa shape index (κ1) is 14.3. The van der Waals surface area contributed by atoms with Gasteiger partial charge < -0.3 is 19.9 Å². The summed E-state index contributed by atoms with van der Waals surface area (Å²) in [5.41, 5.74) is 6.68. The summed E-state index contributed by atoms with van der Waals surface area (Å²) in [7, 11) is 0. The minimum Gasteiger partial charge on any atom is -0.491 e. The summed E-state index contributed by atoms with van der Waals surface area (Å²) in [5.74, 6) is 0.850. The molecule has 0 radical (unpaired) electrons. The smallest absolute Gasteiger partial charge is 0.123 e. The van der Waals surface area contributed by atoms with Crippen LogP contribution in [0.2, 0.25) is 0 Å². The highest BCUT2D eigenvalue weighted by molar-refractivity contribution is 5.32. The van der Waals surface area contributed by atoms with Crippen molar-refractivity contribution in [3.8, 4) is 5.75 Å². The molecule has 2 rings (SSSR count). The van der Waals surface area contributed by atoms with Crippen molar-refractivity contribution < 1.29 is 14.2 Å². The predicted molar refractivity (Wildman–Crippen MR) is 74.2 cm³/mol. The van der Waals surface area contributed by atoms with E-state index in [0.717, 1.165) is 24.3 Å². The number of hydrogen-bond donors (Lipinski definition) is 1. The molecule has 1 atom stereocenters. The van der Waals surface area contributed by atoms with Crippen LogP contribution in [-0.4, -0.2) is 32.5 Å². The number of para-hydroxylation sites is 1. The molecule has 1 saturated heterocycles. The molecule has 0 saturated carbocycles. The van der Waals surface area contributed by atoms with Gasteiger partial charge in [0.1, 0.15) is 12.4 Å². The van der Waals surface area contributed by atoms with E-state index in [1.165, 1.54) is 12.8 Å². The molecule has 0 spiro atoms. The number of hydrogen-bond acceptors (Lipinski definition) is 4. The van der Waals surface area contributed by atoms with Gasteiger partial charge in [-0.3, -0.25) is 0 Å². The van der Waals surface area contributed by atoms with Crippen molar-refractivity contribution in [2.45, 2.75) is 31.9 Å². The molecule has 4 heteroatoms. The van der Waals surface area contributed by atoms with Crippen LogP contribution < -0.4 is 10.5 Å². The number of ether oxygens (including phenoxy) is 3. The van der Waals surface area contributed by atoms with Crippen molar-refractivity contribution in [1.82, 2.24) is 0 Å². The molecule has 1 aromatic rings. The maximum absolute atomic E-state index is 5.67. The monoisotopic (exact) mass is 265 g/mol. The number of rotatable bonds is 7. The Labute approximate surface area is 114 Å². The van der Waals surface area contributed by atoms with Crippen LogP contribution in [0.3, 0.4) is 0 Å². The van der Waals surface area contributed by atoms with Gasteiger partial charge in [0.15, 0.2) is 0 Å². The van der Waals surface area contributed by atoms with Crippen LogP contribution in [0.4, 0.5) is 0 Å². The molecule has 1 aliphatic heterocycles. The van der Waals surface area contributed by atoms with Crippen LogP contribution >= 0.6 is 0 Å². The molecular weight excluding hydrogens is 242 g/mol. The second-order valence-corrected chi connectivity index (χ2v) is 4.72. The number of benzene rings is 1. The summed E-state index contributed by atoms with van der Waals surface area (Å²) in [5, 5.41) is 0. The molecule has 106 valence electrons. The molecule has 0 aliphatic carbocycles. The van der Waals surface area contributed by atoms with Crippen LogP contribution in [-0.2, 0) is 16.0 Å². The van der Waals surface area contributed by atoms with Crippen LogP contribution in [0.5, 0.6) is 5.75 Å². The van der Waals surface area contributed by atoms with Crippen molar-refractivity contribution in [2.24, 2.45) is 5.73 Å². The third-order valence-electron chi connectivity index (χ3n) is 3.26. The van der Waals surface area contributed by atoms with E-state index in [1.54, 1.807) is 0 Å². The summed E-state index contributed by atoms with van der Waals surface area (Å²) in [6.07, 6.45) is 3.80. The van der Waals surface area contributed by atoms with Gasteiger partial charge in [-0.1, -0.05) is 18.2 Å². The van der Waals surface area contributed by atoms with Gasteiger partial charge in [-0.15, -0.1) is 0 Å². The Bertz CT molecular complexity index is 364. The molecule has 0 bridgehead atoms. The van der Waals surface area contributed by atoms with E-state index >= 15 is 0 Å². The Morgan fingerprint density at radius 1 is 1.21 bits per heavy atom. The average Bonchev–Trinajstić information content (AvgIpc) is 2.48. The Balaban J connectivity index is 1.61. The van der Waals surface area contributed by atoms with Gasteiger partial charge in [0.25, 0.3) is 0 Å². The molecule has 1 aliphatic rings. The lowest BCUT2D eigenvalue weighted by molar-refractivity contribution is -0.0444. The predicted octanol–water partition coefficient (Wildman–Crippen LogP) is 2.11. The summed E-state index contributed by atoms with van der Waals surface area (Å²) >= 11 is 0. The zero-order valence-corrected chi connectivity index (χ0v) is 11.3. The molecule has 19 heavy (non-hydrogen) atoms. The summed E-state index contributed by atoms with van der Waals surface area (Å²) < 4.78 is 16.9. The normalized spacial score (nSPS) is 19.3. The number of nitrogens with two attached hydrogens (primary N) is 1. The van der Waals surface area contributed by atoms with Gasteiger partial charge in [-0.25, -0.2) is 0 Å². The lowest BCUT2D eigenvalue weighted by Crippen LogP contribution is -2.25. The lowest BCUT2D eigenvalue weighted by Gasteiger charge is -2.22. The fourth-order valence-corrected chi connectivity index (χ4v) is 2.18. The second kappa shape index (κ2) is 8.15. The quantitative estimate of drug-likeness (QED) is 0.767. The fraction of sp³-hybridized carbons (Fsp3) is 0.600. The Morgan fingerprint density at radius 2 is 2.11 bits per heavy atom. The molecule has 1 unspecified atom stereocenters. The van der Waals surface area contributed by atoms with Crippen LogP contribution in [0, 0.1) is 0 Å². The maximum atomic E-state index is 5.67. The minimum atomic E-state index is 0.269. The van der Waals surface area contributed by atoms with Crippen molar-refractivity contribution in [3.05, 3.63) is 29.8 Å². The summed E-state index contributed by atoms with van der Waals surface area (Å²) in [4.78, 5) is 0. The molecule has 2 N–H and O–H groups in total. The topological polar surface area (TPSA) is 53.7 Å². The summed E-state index contributed by atoms with van der Waals surface area (Å²) in [6.45, 7) is 3.16. The molecule has 1 aromatic carbocycles. The van der Waals surface area contributed by atoms with Gasteiger partial charge in [-0.05, 0) is 25.3 Å². The third kappa shape index (κ3) is 4.82. The lowest BCUT2D eigenvalue weighted by atomic mass is 10.1. The van der Waals surface area contributed by atoms with Gasteiger partial charge >= 0.3 is 0 Å². The van der Waals surface area contributed by atoms with Crippen LogP contribution in [0.1, 0.15) is 24.8 Å². The molecular formula is C15H23NO3. The van der Waals surface area contributed by atoms with Gasteiger partial charge in [0.2, 0.25) is 0 Å². The average molecular weight is 265 g/mol. The highest BCUT2D eigenvalue weighted by Crippen LogP contribution is 2.17. The highest BCUT2D eigenvalue weighted by atomic mass is 16.5. The van der Waals surface area contributed by atoms with E-state index in [4.69, 9.17) is 19.9 Å². The third-order valence-corrected chi connectivity index (χ3v) is 3.26.